The maximum absolute atomic E-state index is 12.3. The smallest absolute Gasteiger partial charge is 0.235 e. The van der Waals surface area contributed by atoms with Gasteiger partial charge in [0, 0.05) is 11.8 Å². The van der Waals surface area contributed by atoms with Gasteiger partial charge in [-0.2, -0.15) is 5.10 Å². The highest BCUT2D eigenvalue weighted by Crippen LogP contribution is 2.26. The molecule has 3 aromatic rings. The summed E-state index contributed by atoms with van der Waals surface area (Å²) < 4.78 is 1.63. The molecule has 30 heavy (non-hydrogen) atoms. The van der Waals surface area contributed by atoms with Crippen molar-refractivity contribution in [3.8, 4) is 0 Å². The summed E-state index contributed by atoms with van der Waals surface area (Å²) in [5, 5.41) is 10.8. The number of hydrogen-bond acceptors (Lipinski definition) is 4. The summed E-state index contributed by atoms with van der Waals surface area (Å²) in [5.41, 5.74) is 2.61. The highest BCUT2D eigenvalue weighted by Gasteiger charge is 2.12. The molecule has 0 unspecified atom stereocenters. The normalized spacial score (nSPS) is 10.6. The summed E-state index contributed by atoms with van der Waals surface area (Å²) in [6.07, 6.45) is 1.59. The SMILES string of the molecule is Cc1cccc(NC(=O)CSCC(=O)Nc2ccnn2Cc2cccc(Cl)c2Cl)c1. The van der Waals surface area contributed by atoms with E-state index >= 15 is 0 Å². The van der Waals surface area contributed by atoms with Gasteiger partial charge in [-0.15, -0.1) is 11.8 Å². The Hall–Kier alpha value is -2.48. The van der Waals surface area contributed by atoms with Crippen LogP contribution in [0, 0.1) is 6.92 Å². The number of benzene rings is 2. The quantitative estimate of drug-likeness (QED) is 0.501. The molecular formula is C21H20Cl2N4O2S. The van der Waals surface area contributed by atoms with Gasteiger partial charge in [0.15, 0.2) is 0 Å². The highest BCUT2D eigenvalue weighted by molar-refractivity contribution is 8.00. The maximum atomic E-state index is 12.3. The number of thioether (sulfide) groups is 1. The summed E-state index contributed by atoms with van der Waals surface area (Å²) in [7, 11) is 0. The fourth-order valence-electron chi connectivity index (χ4n) is 2.73. The molecule has 0 fully saturated rings. The van der Waals surface area contributed by atoms with Gasteiger partial charge in [0.2, 0.25) is 11.8 Å². The van der Waals surface area contributed by atoms with Gasteiger partial charge >= 0.3 is 0 Å². The van der Waals surface area contributed by atoms with Crippen LogP contribution in [0.2, 0.25) is 10.0 Å². The molecule has 0 aliphatic rings. The predicted octanol–water partition coefficient (Wildman–Crippen LogP) is 4.86. The van der Waals surface area contributed by atoms with E-state index in [0.717, 1.165) is 16.8 Å². The van der Waals surface area contributed by atoms with Crippen molar-refractivity contribution in [1.82, 2.24) is 9.78 Å². The van der Waals surface area contributed by atoms with E-state index in [1.54, 1.807) is 23.0 Å². The van der Waals surface area contributed by atoms with Crippen molar-refractivity contribution < 1.29 is 9.59 Å². The van der Waals surface area contributed by atoms with Gasteiger partial charge in [0.1, 0.15) is 5.82 Å². The molecule has 0 spiro atoms. The van der Waals surface area contributed by atoms with Gasteiger partial charge in [-0.05, 0) is 36.2 Å². The summed E-state index contributed by atoms with van der Waals surface area (Å²) in [4.78, 5) is 24.3. The molecule has 0 aliphatic heterocycles. The first kappa shape index (κ1) is 22.2. The Morgan fingerprint density at radius 3 is 2.53 bits per heavy atom. The van der Waals surface area contributed by atoms with E-state index in [0.29, 0.717) is 22.4 Å². The number of amides is 2. The average molecular weight is 463 g/mol. The first-order valence-corrected chi connectivity index (χ1v) is 11.0. The number of nitrogens with one attached hydrogen (secondary N) is 2. The minimum absolute atomic E-state index is 0.143. The lowest BCUT2D eigenvalue weighted by Gasteiger charge is -2.11. The lowest BCUT2D eigenvalue weighted by molar-refractivity contribution is -0.114. The summed E-state index contributed by atoms with van der Waals surface area (Å²) in [6.45, 7) is 2.33. The lowest BCUT2D eigenvalue weighted by Crippen LogP contribution is -2.20. The molecule has 6 nitrogen and oxygen atoms in total. The van der Waals surface area contributed by atoms with Crippen molar-refractivity contribution in [3.63, 3.8) is 0 Å². The molecule has 2 aromatic carbocycles. The fraction of sp³-hybridized carbons (Fsp3) is 0.190. The van der Waals surface area contributed by atoms with Crippen LogP contribution in [0.3, 0.4) is 0 Å². The molecule has 0 radical (unpaired) electrons. The second-order valence-corrected chi connectivity index (χ2v) is 8.32. The zero-order chi connectivity index (χ0) is 21.5. The summed E-state index contributed by atoms with van der Waals surface area (Å²) in [6, 6.07) is 14.6. The number of carbonyl (C=O) groups is 2. The van der Waals surface area contributed by atoms with E-state index in [1.165, 1.54) is 11.8 Å². The van der Waals surface area contributed by atoms with E-state index in [9.17, 15) is 9.59 Å². The van der Waals surface area contributed by atoms with Gasteiger partial charge in [-0.3, -0.25) is 9.59 Å². The first-order valence-electron chi connectivity index (χ1n) is 9.11. The van der Waals surface area contributed by atoms with Crippen LogP contribution in [-0.2, 0) is 16.1 Å². The van der Waals surface area contributed by atoms with Gasteiger partial charge in [0.05, 0.1) is 34.3 Å². The minimum atomic E-state index is -0.220. The van der Waals surface area contributed by atoms with E-state index in [1.807, 2.05) is 43.3 Å². The Labute approximate surface area is 188 Å². The molecule has 9 heteroatoms. The van der Waals surface area contributed by atoms with Crippen molar-refractivity contribution in [3.05, 3.63) is 75.9 Å². The monoisotopic (exact) mass is 462 g/mol. The summed E-state index contributed by atoms with van der Waals surface area (Å²) in [5.74, 6) is 0.491. The number of aromatic nitrogens is 2. The van der Waals surface area contributed by atoms with Crippen LogP contribution in [-0.4, -0.2) is 33.1 Å². The van der Waals surface area contributed by atoms with Gasteiger partial charge in [0.25, 0.3) is 0 Å². The molecular weight excluding hydrogens is 443 g/mol. The molecule has 0 atom stereocenters. The van der Waals surface area contributed by atoms with E-state index < -0.39 is 0 Å². The average Bonchev–Trinajstić information content (AvgIpc) is 3.12. The third-order valence-corrected chi connectivity index (χ3v) is 5.89. The Balaban J connectivity index is 1.48. The fourth-order valence-corrected chi connectivity index (χ4v) is 3.73. The Morgan fingerprint density at radius 2 is 1.77 bits per heavy atom. The summed E-state index contributed by atoms with van der Waals surface area (Å²) >= 11 is 13.5. The molecule has 1 heterocycles. The Bertz CT molecular complexity index is 1050. The largest absolute Gasteiger partial charge is 0.325 e. The van der Waals surface area contributed by atoms with Crippen molar-refractivity contribution in [2.75, 3.05) is 22.1 Å². The molecule has 2 amide bonds. The number of carbonyl (C=O) groups excluding carboxylic acids is 2. The number of halogens is 2. The van der Waals surface area contributed by atoms with Crippen molar-refractivity contribution in [1.29, 1.82) is 0 Å². The number of hydrogen-bond donors (Lipinski definition) is 2. The van der Waals surface area contributed by atoms with Crippen molar-refractivity contribution >= 4 is 58.3 Å². The van der Waals surface area contributed by atoms with Gasteiger partial charge in [-0.25, -0.2) is 4.68 Å². The molecule has 1 aromatic heterocycles. The molecule has 156 valence electrons. The van der Waals surface area contributed by atoms with Crippen LogP contribution in [0.5, 0.6) is 0 Å². The molecule has 0 aliphatic carbocycles. The van der Waals surface area contributed by atoms with Gasteiger partial charge < -0.3 is 10.6 Å². The molecule has 0 saturated carbocycles. The number of nitrogens with zero attached hydrogens (tertiary/aromatic N) is 2. The zero-order valence-electron chi connectivity index (χ0n) is 16.2. The Morgan fingerprint density at radius 1 is 1.03 bits per heavy atom. The van der Waals surface area contributed by atoms with Crippen LogP contribution in [0.25, 0.3) is 0 Å². The third-order valence-electron chi connectivity index (χ3n) is 4.10. The minimum Gasteiger partial charge on any atom is -0.325 e. The zero-order valence-corrected chi connectivity index (χ0v) is 18.5. The standard InChI is InChI=1S/C21H20Cl2N4O2S/c1-14-4-2-6-16(10-14)25-19(28)12-30-13-20(29)26-18-8-9-24-27(18)11-15-5-3-7-17(22)21(15)23/h2-10H,11-13H2,1H3,(H,25,28)(H,26,29). The maximum Gasteiger partial charge on any atom is 0.235 e. The van der Waals surface area contributed by atoms with E-state index in [2.05, 4.69) is 15.7 Å². The number of anilines is 2. The second kappa shape index (κ2) is 10.5. The molecule has 3 rings (SSSR count). The highest BCUT2D eigenvalue weighted by atomic mass is 35.5. The predicted molar refractivity (Wildman–Crippen MR) is 124 cm³/mol. The number of rotatable bonds is 8. The first-order chi connectivity index (χ1) is 14.4. The molecule has 0 saturated heterocycles. The number of aryl methyl sites for hydroxylation is 1. The van der Waals surface area contributed by atoms with Gasteiger partial charge in [-0.1, -0.05) is 47.5 Å². The van der Waals surface area contributed by atoms with Crippen LogP contribution < -0.4 is 10.6 Å². The van der Waals surface area contributed by atoms with Crippen LogP contribution in [0.4, 0.5) is 11.5 Å². The van der Waals surface area contributed by atoms with Crippen LogP contribution >= 0.6 is 35.0 Å². The van der Waals surface area contributed by atoms with Crippen molar-refractivity contribution in [2.24, 2.45) is 0 Å². The second-order valence-electron chi connectivity index (χ2n) is 6.55. The van der Waals surface area contributed by atoms with Crippen molar-refractivity contribution in [2.45, 2.75) is 13.5 Å². The van der Waals surface area contributed by atoms with Crippen LogP contribution in [0.15, 0.2) is 54.7 Å². The third kappa shape index (κ3) is 6.26. The lowest BCUT2D eigenvalue weighted by atomic mass is 10.2. The van der Waals surface area contributed by atoms with Crippen LogP contribution in [0.1, 0.15) is 11.1 Å². The molecule has 0 bridgehead atoms. The molecule has 2 N–H and O–H groups in total. The topological polar surface area (TPSA) is 76.0 Å². The van der Waals surface area contributed by atoms with E-state index in [-0.39, 0.29) is 23.3 Å². The van der Waals surface area contributed by atoms with E-state index in [4.69, 9.17) is 23.2 Å². The Kier molecular flexibility index (Phi) is 7.79.